The highest BCUT2D eigenvalue weighted by atomic mass is 35.5. The van der Waals surface area contributed by atoms with Gasteiger partial charge < -0.3 is 9.84 Å². The Hall–Kier alpha value is -1.29. The molecule has 0 fully saturated rings. The Morgan fingerprint density at radius 1 is 1.83 bits per heavy atom. The normalized spacial score (nSPS) is 9.42. The van der Waals surface area contributed by atoms with E-state index in [2.05, 4.69) is 21.6 Å². The first kappa shape index (κ1) is 8.80. The highest BCUT2D eigenvalue weighted by molar-refractivity contribution is 6.29. The van der Waals surface area contributed by atoms with E-state index >= 15 is 0 Å². The summed E-state index contributed by atoms with van der Waals surface area (Å²) < 4.78 is 4.59. The molecule has 1 heterocycles. The molecule has 1 amide bonds. The first-order valence-corrected chi connectivity index (χ1v) is 3.60. The number of amides is 1. The number of hydrogen-bond acceptors (Lipinski definition) is 3. The third-order valence-corrected chi connectivity index (χ3v) is 1.24. The minimum atomic E-state index is -0.352. The summed E-state index contributed by atoms with van der Waals surface area (Å²) in [5.41, 5.74) is 0. The maximum Gasteiger partial charge on any atom is 0.290 e. The molecule has 0 radical (unpaired) electrons. The number of carbonyl (C=O) groups excluding carboxylic acids is 1. The van der Waals surface area contributed by atoms with Crippen molar-refractivity contribution in [2.24, 2.45) is 0 Å². The first-order chi connectivity index (χ1) is 5.70. The van der Waals surface area contributed by atoms with Crippen LogP contribution in [0.5, 0.6) is 0 Å². The molecule has 0 spiro atoms. The molecule has 0 aliphatic rings. The van der Waals surface area contributed by atoms with E-state index in [4.69, 9.17) is 11.6 Å². The van der Waals surface area contributed by atoms with Gasteiger partial charge >= 0.3 is 0 Å². The molecule has 0 atom stereocenters. The third kappa shape index (κ3) is 2.39. The number of hydrogen-bond donors (Lipinski definition) is 1. The van der Waals surface area contributed by atoms with Crippen LogP contribution in [0, 0.1) is 0 Å². The summed E-state index contributed by atoms with van der Waals surface area (Å²) in [5.74, 6) is -0.192. The van der Waals surface area contributed by atoms with Crippen LogP contribution >= 0.6 is 11.6 Å². The van der Waals surface area contributed by atoms with E-state index in [1.54, 1.807) is 0 Å². The van der Waals surface area contributed by atoms with Gasteiger partial charge in [-0.25, -0.2) is 0 Å². The summed E-state index contributed by atoms with van der Waals surface area (Å²) in [6, 6.07) is 1.46. The second-order valence-electron chi connectivity index (χ2n) is 2.08. The maximum absolute atomic E-state index is 11.1. The van der Waals surface area contributed by atoms with Crippen molar-refractivity contribution in [2.75, 3.05) is 6.54 Å². The standard InChI is InChI=1S/C7H7ClN2O2/c1-5(8)4-9-7(11)6-2-3-10-12-6/h2-3H,1,4H2,(H,9,11). The van der Waals surface area contributed by atoms with E-state index in [-0.39, 0.29) is 18.2 Å². The van der Waals surface area contributed by atoms with Crippen molar-refractivity contribution in [1.29, 1.82) is 0 Å². The molecule has 5 heteroatoms. The van der Waals surface area contributed by atoms with E-state index < -0.39 is 0 Å². The van der Waals surface area contributed by atoms with E-state index in [1.165, 1.54) is 12.3 Å². The van der Waals surface area contributed by atoms with Gasteiger partial charge in [-0.05, 0) is 0 Å². The molecule has 1 aromatic rings. The Bertz CT molecular complexity index is 282. The van der Waals surface area contributed by atoms with Crippen molar-refractivity contribution < 1.29 is 9.32 Å². The number of aromatic nitrogens is 1. The van der Waals surface area contributed by atoms with Gasteiger partial charge in [0.25, 0.3) is 5.91 Å². The summed E-state index contributed by atoms with van der Waals surface area (Å²) in [6.07, 6.45) is 1.39. The molecule has 1 aromatic heterocycles. The maximum atomic E-state index is 11.1. The zero-order valence-corrected chi connectivity index (χ0v) is 6.97. The highest BCUT2D eigenvalue weighted by Gasteiger charge is 2.07. The Kier molecular flexibility index (Phi) is 2.88. The van der Waals surface area contributed by atoms with E-state index in [9.17, 15) is 4.79 Å². The molecule has 0 saturated carbocycles. The summed E-state index contributed by atoms with van der Waals surface area (Å²) in [4.78, 5) is 11.1. The molecule has 12 heavy (non-hydrogen) atoms. The van der Waals surface area contributed by atoms with Crippen molar-refractivity contribution >= 4 is 17.5 Å². The van der Waals surface area contributed by atoms with Gasteiger partial charge in [0.15, 0.2) is 0 Å². The molecule has 4 nitrogen and oxygen atoms in total. The zero-order chi connectivity index (χ0) is 8.97. The van der Waals surface area contributed by atoms with Gasteiger partial charge in [-0.15, -0.1) is 0 Å². The van der Waals surface area contributed by atoms with E-state index in [1.807, 2.05) is 0 Å². The summed E-state index contributed by atoms with van der Waals surface area (Å²) in [7, 11) is 0. The zero-order valence-electron chi connectivity index (χ0n) is 6.21. The van der Waals surface area contributed by atoms with E-state index in [0.717, 1.165) is 0 Å². The Balaban J connectivity index is 2.45. The van der Waals surface area contributed by atoms with Gasteiger partial charge in [0.2, 0.25) is 5.76 Å². The summed E-state index contributed by atoms with van der Waals surface area (Å²) in [6.45, 7) is 3.64. The minimum Gasteiger partial charge on any atom is -0.351 e. The number of nitrogens with one attached hydrogen (secondary N) is 1. The van der Waals surface area contributed by atoms with Crippen molar-refractivity contribution in [3.05, 3.63) is 29.6 Å². The molecule has 0 aromatic carbocycles. The monoisotopic (exact) mass is 186 g/mol. The number of carbonyl (C=O) groups is 1. The average Bonchev–Trinajstić information content (AvgIpc) is 2.51. The van der Waals surface area contributed by atoms with Crippen molar-refractivity contribution in [3.63, 3.8) is 0 Å². The third-order valence-electron chi connectivity index (χ3n) is 1.10. The second kappa shape index (κ2) is 3.92. The Morgan fingerprint density at radius 2 is 2.58 bits per heavy atom. The lowest BCUT2D eigenvalue weighted by Gasteiger charge is -1.98. The van der Waals surface area contributed by atoms with Gasteiger partial charge in [0.05, 0.1) is 12.7 Å². The smallest absolute Gasteiger partial charge is 0.290 e. The van der Waals surface area contributed by atoms with E-state index in [0.29, 0.717) is 5.03 Å². The van der Waals surface area contributed by atoms with Crippen LogP contribution in [-0.4, -0.2) is 17.6 Å². The fourth-order valence-electron chi connectivity index (χ4n) is 0.596. The van der Waals surface area contributed by atoms with Crippen LogP contribution in [0.3, 0.4) is 0 Å². The second-order valence-corrected chi connectivity index (χ2v) is 2.61. The Labute approximate surface area is 74.2 Å². The first-order valence-electron chi connectivity index (χ1n) is 3.22. The molecule has 1 N–H and O–H groups in total. The summed E-state index contributed by atoms with van der Waals surface area (Å²) in [5, 5.41) is 6.22. The topological polar surface area (TPSA) is 55.1 Å². The fraction of sp³-hybridized carbons (Fsp3) is 0.143. The predicted molar refractivity (Wildman–Crippen MR) is 43.8 cm³/mol. The van der Waals surface area contributed by atoms with Gasteiger partial charge in [-0.1, -0.05) is 23.3 Å². The molecule has 1 rings (SSSR count). The SMILES string of the molecule is C=C(Cl)CNC(=O)c1ccno1. The van der Waals surface area contributed by atoms with Gasteiger partial charge in [0.1, 0.15) is 0 Å². The quantitative estimate of drug-likeness (QED) is 0.771. The molecule has 0 saturated heterocycles. The average molecular weight is 187 g/mol. The largest absolute Gasteiger partial charge is 0.351 e. The molecular formula is C7H7ClN2O2. The summed E-state index contributed by atoms with van der Waals surface area (Å²) >= 11 is 5.43. The Morgan fingerprint density at radius 3 is 3.08 bits per heavy atom. The van der Waals surface area contributed by atoms with Gasteiger partial charge in [0, 0.05) is 11.1 Å². The minimum absolute atomic E-state index is 0.160. The molecule has 64 valence electrons. The lowest BCUT2D eigenvalue weighted by atomic mass is 10.4. The van der Waals surface area contributed by atoms with Crippen LogP contribution in [-0.2, 0) is 0 Å². The lowest BCUT2D eigenvalue weighted by molar-refractivity contribution is 0.0921. The van der Waals surface area contributed by atoms with Crippen LogP contribution in [0.4, 0.5) is 0 Å². The lowest BCUT2D eigenvalue weighted by Crippen LogP contribution is -2.23. The van der Waals surface area contributed by atoms with Crippen LogP contribution in [0.25, 0.3) is 0 Å². The van der Waals surface area contributed by atoms with Crippen molar-refractivity contribution in [1.82, 2.24) is 10.5 Å². The van der Waals surface area contributed by atoms with Gasteiger partial charge in [-0.3, -0.25) is 4.79 Å². The number of rotatable bonds is 3. The fourth-order valence-corrected chi connectivity index (χ4v) is 0.663. The van der Waals surface area contributed by atoms with Crippen LogP contribution in [0.1, 0.15) is 10.6 Å². The number of halogens is 1. The van der Waals surface area contributed by atoms with Gasteiger partial charge in [-0.2, -0.15) is 0 Å². The molecule has 0 bridgehead atoms. The molecule has 0 aliphatic heterocycles. The molecule has 0 unspecified atom stereocenters. The van der Waals surface area contributed by atoms with Crippen LogP contribution in [0.2, 0.25) is 0 Å². The van der Waals surface area contributed by atoms with Crippen molar-refractivity contribution in [2.45, 2.75) is 0 Å². The van der Waals surface area contributed by atoms with Crippen molar-refractivity contribution in [3.8, 4) is 0 Å². The van der Waals surface area contributed by atoms with Crippen LogP contribution in [0.15, 0.2) is 28.4 Å². The molecular weight excluding hydrogens is 180 g/mol. The van der Waals surface area contributed by atoms with Crippen LogP contribution < -0.4 is 5.32 Å². The number of nitrogens with zero attached hydrogens (tertiary/aromatic N) is 1. The predicted octanol–water partition coefficient (Wildman–Crippen LogP) is 1.16. The highest BCUT2D eigenvalue weighted by Crippen LogP contribution is 1.97. The molecule has 0 aliphatic carbocycles.